The lowest BCUT2D eigenvalue weighted by Crippen LogP contribution is -2.02. The molecule has 0 radical (unpaired) electrons. The molecule has 0 saturated heterocycles. The predicted octanol–water partition coefficient (Wildman–Crippen LogP) is 5.42. The van der Waals surface area contributed by atoms with E-state index < -0.39 is 0 Å². The third-order valence-corrected chi connectivity index (χ3v) is 4.11. The molecule has 0 aliphatic rings. The van der Waals surface area contributed by atoms with E-state index in [1.165, 1.54) is 6.07 Å². The molecule has 3 nitrogen and oxygen atoms in total. The highest BCUT2D eigenvalue weighted by Gasteiger charge is 2.09. The standard InChI is InChI=1S/C21H22FNO2/c1-14-10-18(17-6-4-7-19(22)13-17)11-15(2)21(14)24-9-5-8-20-12-16(3)23-25-20/h4,6-7,10-13H,5,8-9H2,1-3H3. The van der Waals surface area contributed by atoms with Gasteiger partial charge in [-0.05, 0) is 73.7 Å². The third-order valence-electron chi connectivity index (χ3n) is 4.11. The smallest absolute Gasteiger partial charge is 0.137 e. The lowest BCUT2D eigenvalue weighted by atomic mass is 9.99. The quantitative estimate of drug-likeness (QED) is 0.563. The van der Waals surface area contributed by atoms with Crippen molar-refractivity contribution in [3.05, 3.63) is 70.9 Å². The van der Waals surface area contributed by atoms with Crippen molar-refractivity contribution in [1.82, 2.24) is 5.16 Å². The van der Waals surface area contributed by atoms with E-state index >= 15 is 0 Å². The Kier molecular flexibility index (Phi) is 5.17. The Morgan fingerprint density at radius 2 is 1.76 bits per heavy atom. The average Bonchev–Trinajstić information content (AvgIpc) is 2.98. The molecule has 25 heavy (non-hydrogen) atoms. The zero-order chi connectivity index (χ0) is 17.8. The Balaban J connectivity index is 1.66. The minimum atomic E-state index is -0.226. The third kappa shape index (κ3) is 4.27. The molecular formula is C21H22FNO2. The second-order valence-corrected chi connectivity index (χ2v) is 6.34. The van der Waals surface area contributed by atoms with Crippen molar-refractivity contribution in [2.75, 3.05) is 6.61 Å². The fraction of sp³-hybridized carbons (Fsp3) is 0.286. The molecule has 0 bridgehead atoms. The van der Waals surface area contributed by atoms with Crippen LogP contribution in [0.2, 0.25) is 0 Å². The van der Waals surface area contributed by atoms with Gasteiger partial charge >= 0.3 is 0 Å². The van der Waals surface area contributed by atoms with Gasteiger partial charge in [0, 0.05) is 12.5 Å². The van der Waals surface area contributed by atoms with Crippen molar-refractivity contribution in [2.24, 2.45) is 0 Å². The van der Waals surface area contributed by atoms with E-state index in [9.17, 15) is 4.39 Å². The highest BCUT2D eigenvalue weighted by atomic mass is 19.1. The number of benzene rings is 2. The average molecular weight is 339 g/mol. The Hall–Kier alpha value is -2.62. The Morgan fingerprint density at radius 1 is 1.00 bits per heavy atom. The SMILES string of the molecule is Cc1cc(CCCOc2c(C)cc(-c3cccc(F)c3)cc2C)on1. The normalized spacial score (nSPS) is 10.9. The monoisotopic (exact) mass is 339 g/mol. The van der Waals surface area contributed by atoms with Gasteiger partial charge in [0.1, 0.15) is 17.3 Å². The molecule has 0 atom stereocenters. The van der Waals surface area contributed by atoms with Crippen LogP contribution in [-0.4, -0.2) is 11.8 Å². The van der Waals surface area contributed by atoms with Gasteiger partial charge in [-0.3, -0.25) is 0 Å². The lowest BCUT2D eigenvalue weighted by Gasteiger charge is -2.14. The van der Waals surface area contributed by atoms with Crippen LogP contribution >= 0.6 is 0 Å². The van der Waals surface area contributed by atoms with Gasteiger partial charge in [0.2, 0.25) is 0 Å². The summed E-state index contributed by atoms with van der Waals surface area (Å²) < 4.78 is 24.6. The molecule has 1 heterocycles. The van der Waals surface area contributed by atoms with Gasteiger partial charge in [-0.25, -0.2) is 4.39 Å². The number of aryl methyl sites for hydroxylation is 4. The molecule has 0 unspecified atom stereocenters. The number of rotatable bonds is 6. The summed E-state index contributed by atoms with van der Waals surface area (Å²) in [4.78, 5) is 0. The highest BCUT2D eigenvalue weighted by molar-refractivity contribution is 5.67. The van der Waals surface area contributed by atoms with Crippen molar-refractivity contribution in [1.29, 1.82) is 0 Å². The molecule has 0 N–H and O–H groups in total. The first-order valence-corrected chi connectivity index (χ1v) is 8.45. The number of hydrogen-bond donors (Lipinski definition) is 0. The van der Waals surface area contributed by atoms with Gasteiger partial charge in [-0.2, -0.15) is 0 Å². The second-order valence-electron chi connectivity index (χ2n) is 6.34. The van der Waals surface area contributed by atoms with E-state index in [1.54, 1.807) is 12.1 Å². The zero-order valence-corrected chi connectivity index (χ0v) is 14.8. The number of nitrogens with zero attached hydrogens (tertiary/aromatic N) is 1. The topological polar surface area (TPSA) is 35.3 Å². The van der Waals surface area contributed by atoms with Crippen LogP contribution in [0.15, 0.2) is 47.0 Å². The van der Waals surface area contributed by atoms with Gasteiger partial charge in [0.25, 0.3) is 0 Å². The van der Waals surface area contributed by atoms with Gasteiger partial charge in [-0.1, -0.05) is 17.3 Å². The molecule has 3 rings (SSSR count). The molecule has 0 spiro atoms. The van der Waals surface area contributed by atoms with E-state index in [0.29, 0.717) is 6.61 Å². The van der Waals surface area contributed by atoms with E-state index in [0.717, 1.165) is 52.3 Å². The minimum Gasteiger partial charge on any atom is -0.493 e. The van der Waals surface area contributed by atoms with Crippen LogP contribution in [-0.2, 0) is 6.42 Å². The maximum Gasteiger partial charge on any atom is 0.137 e. The Labute approximate surface area is 147 Å². The fourth-order valence-corrected chi connectivity index (χ4v) is 2.97. The molecule has 3 aromatic rings. The second kappa shape index (κ2) is 7.51. The largest absolute Gasteiger partial charge is 0.493 e. The summed E-state index contributed by atoms with van der Waals surface area (Å²) in [7, 11) is 0. The van der Waals surface area contributed by atoms with Gasteiger partial charge < -0.3 is 9.26 Å². The number of hydrogen-bond acceptors (Lipinski definition) is 3. The molecule has 1 aromatic heterocycles. The fourth-order valence-electron chi connectivity index (χ4n) is 2.97. The van der Waals surface area contributed by atoms with Gasteiger partial charge in [-0.15, -0.1) is 0 Å². The molecule has 0 amide bonds. The summed E-state index contributed by atoms with van der Waals surface area (Å²) >= 11 is 0. The molecule has 0 saturated carbocycles. The summed E-state index contributed by atoms with van der Waals surface area (Å²) in [6.07, 6.45) is 1.67. The Bertz CT molecular complexity index is 847. The maximum atomic E-state index is 13.4. The molecule has 2 aromatic carbocycles. The van der Waals surface area contributed by atoms with Gasteiger partial charge in [0.05, 0.1) is 12.3 Å². The van der Waals surface area contributed by atoms with Crippen LogP contribution in [0.5, 0.6) is 5.75 Å². The highest BCUT2D eigenvalue weighted by Crippen LogP contribution is 2.30. The van der Waals surface area contributed by atoms with Crippen molar-refractivity contribution in [3.8, 4) is 16.9 Å². The van der Waals surface area contributed by atoms with Crippen molar-refractivity contribution >= 4 is 0 Å². The lowest BCUT2D eigenvalue weighted by molar-refractivity contribution is 0.296. The number of ether oxygens (including phenoxy) is 1. The van der Waals surface area contributed by atoms with Crippen LogP contribution in [0.1, 0.15) is 29.0 Å². The van der Waals surface area contributed by atoms with E-state index in [1.807, 2.05) is 45.0 Å². The zero-order valence-electron chi connectivity index (χ0n) is 14.8. The summed E-state index contributed by atoms with van der Waals surface area (Å²) in [5, 5.41) is 3.88. The number of aromatic nitrogens is 1. The van der Waals surface area contributed by atoms with Crippen molar-refractivity contribution in [2.45, 2.75) is 33.6 Å². The van der Waals surface area contributed by atoms with E-state index in [2.05, 4.69) is 5.16 Å². The molecule has 0 aliphatic carbocycles. The van der Waals surface area contributed by atoms with Crippen LogP contribution in [0.25, 0.3) is 11.1 Å². The predicted molar refractivity (Wildman–Crippen MR) is 96.4 cm³/mol. The van der Waals surface area contributed by atoms with Crippen LogP contribution in [0.3, 0.4) is 0 Å². The molecule has 0 fully saturated rings. The summed E-state index contributed by atoms with van der Waals surface area (Å²) in [5.41, 5.74) is 4.87. The minimum absolute atomic E-state index is 0.226. The van der Waals surface area contributed by atoms with Crippen molar-refractivity contribution < 1.29 is 13.7 Å². The number of halogens is 1. The van der Waals surface area contributed by atoms with Gasteiger partial charge in [0.15, 0.2) is 0 Å². The first-order valence-electron chi connectivity index (χ1n) is 8.45. The first kappa shape index (κ1) is 17.2. The molecule has 130 valence electrons. The Morgan fingerprint density at radius 3 is 2.40 bits per heavy atom. The van der Waals surface area contributed by atoms with Crippen LogP contribution in [0.4, 0.5) is 4.39 Å². The maximum absolute atomic E-state index is 13.4. The first-order chi connectivity index (χ1) is 12.0. The summed E-state index contributed by atoms with van der Waals surface area (Å²) in [6.45, 7) is 6.56. The molecule has 4 heteroatoms. The van der Waals surface area contributed by atoms with Crippen molar-refractivity contribution in [3.63, 3.8) is 0 Å². The summed E-state index contributed by atoms with van der Waals surface area (Å²) in [5.74, 6) is 1.56. The molecule has 0 aliphatic heterocycles. The van der Waals surface area contributed by atoms with Crippen LogP contribution < -0.4 is 4.74 Å². The van der Waals surface area contributed by atoms with Crippen LogP contribution in [0, 0.1) is 26.6 Å². The van der Waals surface area contributed by atoms with E-state index in [4.69, 9.17) is 9.26 Å². The summed E-state index contributed by atoms with van der Waals surface area (Å²) in [6, 6.07) is 12.7. The van der Waals surface area contributed by atoms with E-state index in [-0.39, 0.29) is 5.82 Å². The molecular weight excluding hydrogens is 317 g/mol.